The third-order valence-electron chi connectivity index (χ3n) is 3.48. The molecule has 0 radical (unpaired) electrons. The average Bonchev–Trinajstić information content (AvgIpc) is 2.62. The van der Waals surface area contributed by atoms with Gasteiger partial charge in [-0.2, -0.15) is 5.26 Å². The molecular formula is C19H21ClN6O. The maximum atomic E-state index is 12.5. The molecule has 27 heavy (non-hydrogen) atoms. The van der Waals surface area contributed by atoms with Crippen LogP contribution in [0.15, 0.2) is 53.8 Å². The third-order valence-corrected chi connectivity index (χ3v) is 3.73. The number of guanidine groups is 1. The molecule has 140 valence electrons. The van der Waals surface area contributed by atoms with Crippen molar-refractivity contribution in [3.8, 4) is 6.19 Å². The second kappa shape index (κ2) is 10.1. The summed E-state index contributed by atoms with van der Waals surface area (Å²) in [6.07, 6.45) is 5.18. The summed E-state index contributed by atoms with van der Waals surface area (Å²) in [5.74, 6) is 0.248. The minimum Gasteiger partial charge on any atom is -0.330 e. The Morgan fingerprint density at radius 2 is 2.04 bits per heavy atom. The monoisotopic (exact) mass is 384 g/mol. The van der Waals surface area contributed by atoms with Gasteiger partial charge in [0.1, 0.15) is 6.17 Å². The van der Waals surface area contributed by atoms with E-state index in [0.717, 1.165) is 0 Å². The van der Waals surface area contributed by atoms with Crippen molar-refractivity contribution in [3.05, 3.63) is 59.4 Å². The second-order valence-electron chi connectivity index (χ2n) is 6.21. The summed E-state index contributed by atoms with van der Waals surface area (Å²) in [7, 11) is 0. The molecule has 7 nitrogen and oxygen atoms in total. The Hall–Kier alpha value is -3.11. The van der Waals surface area contributed by atoms with Gasteiger partial charge in [0.05, 0.1) is 11.9 Å². The first-order valence-electron chi connectivity index (χ1n) is 8.44. The molecule has 1 atom stereocenters. The van der Waals surface area contributed by atoms with Crippen molar-refractivity contribution in [2.24, 2.45) is 10.9 Å². The quantitative estimate of drug-likeness (QED) is 0.306. The number of halogens is 1. The number of hydrogen-bond donors (Lipinski definition) is 3. The van der Waals surface area contributed by atoms with Gasteiger partial charge in [0.15, 0.2) is 6.19 Å². The highest BCUT2D eigenvalue weighted by Crippen LogP contribution is 2.12. The van der Waals surface area contributed by atoms with Crippen molar-refractivity contribution in [2.45, 2.75) is 26.4 Å². The van der Waals surface area contributed by atoms with Crippen LogP contribution in [0.25, 0.3) is 0 Å². The van der Waals surface area contributed by atoms with E-state index in [4.69, 9.17) is 16.9 Å². The molecule has 1 amide bonds. The molecule has 3 N–H and O–H groups in total. The van der Waals surface area contributed by atoms with E-state index in [9.17, 15) is 4.79 Å². The van der Waals surface area contributed by atoms with E-state index in [2.05, 4.69) is 25.9 Å². The zero-order valence-corrected chi connectivity index (χ0v) is 15.9. The highest BCUT2D eigenvalue weighted by molar-refractivity contribution is 6.30. The van der Waals surface area contributed by atoms with Gasteiger partial charge in [-0.25, -0.2) is 4.99 Å². The molecule has 0 spiro atoms. The van der Waals surface area contributed by atoms with E-state index < -0.39 is 6.17 Å². The van der Waals surface area contributed by atoms with Crippen LogP contribution in [0.1, 0.15) is 30.6 Å². The van der Waals surface area contributed by atoms with Crippen molar-refractivity contribution in [1.29, 1.82) is 5.26 Å². The Bertz CT molecular complexity index is 814. The fraction of sp³-hybridized carbons (Fsp3) is 0.263. The summed E-state index contributed by atoms with van der Waals surface area (Å²) in [6, 6.07) is 10.2. The first kappa shape index (κ1) is 20.2. The molecule has 0 saturated carbocycles. The number of anilines is 1. The Morgan fingerprint density at radius 3 is 2.63 bits per heavy atom. The number of carbonyl (C=O) groups excluding carboxylic acids is 1. The summed E-state index contributed by atoms with van der Waals surface area (Å²) >= 11 is 5.87. The van der Waals surface area contributed by atoms with Gasteiger partial charge < -0.3 is 10.6 Å². The summed E-state index contributed by atoms with van der Waals surface area (Å²) in [6.45, 7) is 4.06. The van der Waals surface area contributed by atoms with Gasteiger partial charge in [-0.05, 0) is 48.7 Å². The number of hydrogen-bond acceptors (Lipinski definition) is 4. The molecule has 1 heterocycles. The van der Waals surface area contributed by atoms with Crippen molar-refractivity contribution in [3.63, 3.8) is 0 Å². The number of carbonyl (C=O) groups is 1. The molecular weight excluding hydrogens is 364 g/mol. The fourth-order valence-corrected chi connectivity index (χ4v) is 2.43. The number of nitrogens with one attached hydrogen (secondary N) is 3. The summed E-state index contributed by atoms with van der Waals surface area (Å²) in [4.78, 5) is 21.0. The van der Waals surface area contributed by atoms with Crippen molar-refractivity contribution in [2.75, 3.05) is 5.32 Å². The highest BCUT2D eigenvalue weighted by Gasteiger charge is 2.16. The number of amides is 1. The molecule has 1 aromatic heterocycles. The molecule has 0 saturated heterocycles. The van der Waals surface area contributed by atoms with Crippen LogP contribution in [0.5, 0.6) is 0 Å². The first-order valence-corrected chi connectivity index (χ1v) is 8.82. The van der Waals surface area contributed by atoms with Crippen molar-refractivity contribution >= 4 is 29.2 Å². The minimum absolute atomic E-state index is 0.229. The molecule has 0 aliphatic heterocycles. The average molecular weight is 385 g/mol. The van der Waals surface area contributed by atoms with E-state index in [1.54, 1.807) is 48.8 Å². The number of benzene rings is 1. The van der Waals surface area contributed by atoms with E-state index in [-0.39, 0.29) is 17.8 Å². The highest BCUT2D eigenvalue weighted by atomic mass is 35.5. The molecule has 0 bridgehead atoms. The van der Waals surface area contributed by atoms with Gasteiger partial charge in [0.2, 0.25) is 5.96 Å². The summed E-state index contributed by atoms with van der Waals surface area (Å²) in [5, 5.41) is 17.9. The predicted octanol–water partition coefficient (Wildman–Crippen LogP) is 3.38. The normalized spacial score (nSPS) is 12.2. The zero-order chi connectivity index (χ0) is 19.6. The van der Waals surface area contributed by atoms with Crippen molar-refractivity contribution < 1.29 is 4.79 Å². The van der Waals surface area contributed by atoms with Crippen LogP contribution < -0.4 is 16.0 Å². The molecule has 1 unspecified atom stereocenters. The lowest BCUT2D eigenvalue weighted by atomic mass is 10.1. The number of aliphatic imine (C=N–C) groups is 1. The fourth-order valence-electron chi connectivity index (χ4n) is 2.30. The molecule has 2 rings (SSSR count). The number of pyridine rings is 1. The van der Waals surface area contributed by atoms with E-state index in [1.807, 2.05) is 20.0 Å². The minimum atomic E-state index is -0.520. The van der Waals surface area contributed by atoms with Gasteiger partial charge in [-0.1, -0.05) is 25.4 Å². The maximum absolute atomic E-state index is 12.5. The van der Waals surface area contributed by atoms with Gasteiger partial charge in [-0.15, -0.1) is 0 Å². The van der Waals surface area contributed by atoms with Gasteiger partial charge in [0, 0.05) is 16.8 Å². The predicted molar refractivity (Wildman–Crippen MR) is 106 cm³/mol. The largest absolute Gasteiger partial charge is 0.330 e. The van der Waals surface area contributed by atoms with Crippen LogP contribution >= 0.6 is 11.6 Å². The second-order valence-corrected chi connectivity index (χ2v) is 6.64. The van der Waals surface area contributed by atoms with Gasteiger partial charge in [0.25, 0.3) is 5.91 Å². The van der Waals surface area contributed by atoms with E-state index in [1.165, 1.54) is 0 Å². The lowest BCUT2D eigenvalue weighted by Gasteiger charge is -2.19. The summed E-state index contributed by atoms with van der Waals surface area (Å²) in [5.41, 5.74) is 1.16. The van der Waals surface area contributed by atoms with Crippen LogP contribution in [-0.4, -0.2) is 23.0 Å². The van der Waals surface area contributed by atoms with Crippen LogP contribution in [0.4, 0.5) is 5.69 Å². The maximum Gasteiger partial charge on any atom is 0.252 e. The van der Waals surface area contributed by atoms with Gasteiger partial charge in [-0.3, -0.25) is 15.1 Å². The molecule has 0 aliphatic rings. The topological polar surface area (TPSA) is 102 Å². The lowest BCUT2D eigenvalue weighted by Crippen LogP contribution is -2.38. The van der Waals surface area contributed by atoms with Crippen LogP contribution in [0.3, 0.4) is 0 Å². The lowest BCUT2D eigenvalue weighted by molar-refractivity contribution is 0.0934. The Labute approximate surface area is 163 Å². The Morgan fingerprint density at radius 1 is 1.30 bits per heavy atom. The van der Waals surface area contributed by atoms with Crippen LogP contribution in [0, 0.1) is 17.4 Å². The number of nitrogens with zero attached hydrogens (tertiary/aromatic N) is 3. The molecule has 8 heteroatoms. The third kappa shape index (κ3) is 6.96. The Kier molecular flexibility index (Phi) is 7.59. The number of rotatable bonds is 6. The summed E-state index contributed by atoms with van der Waals surface area (Å²) < 4.78 is 0. The molecule has 2 aromatic rings. The standard InChI is InChI=1S/C19H21ClN6O/c1-13(2)10-17(25-18(27)14-5-7-15(20)8-6-14)26-19(23-12-21)24-16-4-3-9-22-11-16/h3-9,11,13,17H,10H2,1-2H3,(H,25,27)(H2,23,24,26). The Balaban J connectivity index is 2.18. The zero-order valence-electron chi connectivity index (χ0n) is 15.1. The van der Waals surface area contributed by atoms with Crippen LogP contribution in [-0.2, 0) is 0 Å². The smallest absolute Gasteiger partial charge is 0.252 e. The number of aromatic nitrogens is 1. The molecule has 1 aromatic carbocycles. The van der Waals surface area contributed by atoms with Gasteiger partial charge >= 0.3 is 0 Å². The molecule has 0 fully saturated rings. The van der Waals surface area contributed by atoms with E-state index in [0.29, 0.717) is 22.7 Å². The first-order chi connectivity index (χ1) is 13.0. The van der Waals surface area contributed by atoms with Crippen LogP contribution in [0.2, 0.25) is 5.02 Å². The number of nitriles is 1. The SMILES string of the molecule is CC(C)CC(N=C(NC#N)Nc1cccnc1)NC(=O)c1ccc(Cl)cc1. The van der Waals surface area contributed by atoms with E-state index >= 15 is 0 Å². The molecule has 0 aliphatic carbocycles. The van der Waals surface area contributed by atoms with Crippen molar-refractivity contribution in [1.82, 2.24) is 15.6 Å².